The molecule has 2 rings (SSSR count). The first-order valence-electron chi connectivity index (χ1n) is 4.51. The van der Waals surface area contributed by atoms with Gasteiger partial charge in [0.05, 0.1) is 5.56 Å². The Morgan fingerprint density at radius 1 is 1.06 bits per heavy atom. The molecule has 2 aromatic carbocycles. The lowest BCUT2D eigenvalue weighted by atomic mass is 10.0. The van der Waals surface area contributed by atoms with Crippen LogP contribution in [0.3, 0.4) is 0 Å². The Labute approximate surface area is 109 Å². The normalized spacial score (nSPS) is 10.6. The molecular weight excluding hydrogens is 316 g/mol. The number of rotatable bonds is 1. The van der Waals surface area contributed by atoms with E-state index in [1.165, 1.54) is 6.07 Å². The number of hydrogen-bond donors (Lipinski definition) is 0. The smallest absolute Gasteiger partial charge is 0.135 e. The summed E-state index contributed by atoms with van der Waals surface area (Å²) in [5.74, 6) is -2.40. The molecule has 5 heteroatoms. The van der Waals surface area contributed by atoms with E-state index in [0.717, 1.165) is 18.2 Å². The van der Waals surface area contributed by atoms with Crippen LogP contribution in [-0.2, 0) is 0 Å². The summed E-state index contributed by atoms with van der Waals surface area (Å²) in [5, 5.41) is 0.0338. The van der Waals surface area contributed by atoms with Crippen molar-refractivity contribution in [2.75, 3.05) is 0 Å². The van der Waals surface area contributed by atoms with Crippen LogP contribution in [-0.4, -0.2) is 0 Å². The maximum Gasteiger partial charge on any atom is 0.135 e. The second-order valence-electron chi connectivity index (χ2n) is 3.27. The molecule has 0 heterocycles. The van der Waals surface area contributed by atoms with Gasteiger partial charge in [0.15, 0.2) is 0 Å². The molecule has 0 aliphatic rings. The van der Waals surface area contributed by atoms with E-state index in [9.17, 15) is 13.2 Å². The summed E-state index contributed by atoms with van der Waals surface area (Å²) in [5.41, 5.74) is -0.521. The topological polar surface area (TPSA) is 0 Å². The zero-order chi connectivity index (χ0) is 12.6. The Kier molecular flexibility index (Phi) is 3.45. The summed E-state index contributed by atoms with van der Waals surface area (Å²) in [6.45, 7) is 0. The SMILES string of the molecule is Fc1[c]c(-c2c(F)cc(Br)cc2F)c(Cl)cc1. The molecule has 0 atom stereocenters. The molecule has 0 bridgehead atoms. The fourth-order valence-electron chi connectivity index (χ4n) is 1.41. The highest BCUT2D eigenvalue weighted by Gasteiger charge is 2.16. The van der Waals surface area contributed by atoms with Gasteiger partial charge in [0.1, 0.15) is 17.5 Å². The summed E-state index contributed by atoms with van der Waals surface area (Å²) in [4.78, 5) is 0. The van der Waals surface area contributed by atoms with Gasteiger partial charge in [-0.1, -0.05) is 27.5 Å². The third kappa shape index (κ3) is 2.48. The van der Waals surface area contributed by atoms with Gasteiger partial charge in [-0.3, -0.25) is 0 Å². The molecule has 0 fully saturated rings. The molecule has 0 aromatic heterocycles. The Morgan fingerprint density at radius 3 is 2.24 bits per heavy atom. The highest BCUT2D eigenvalue weighted by Crippen LogP contribution is 2.33. The molecule has 0 nitrogen and oxygen atoms in total. The highest BCUT2D eigenvalue weighted by atomic mass is 79.9. The maximum atomic E-state index is 13.6. The minimum Gasteiger partial charge on any atom is -0.206 e. The monoisotopic (exact) mass is 319 g/mol. The van der Waals surface area contributed by atoms with Gasteiger partial charge in [-0.15, -0.1) is 0 Å². The molecule has 0 saturated carbocycles. The van der Waals surface area contributed by atoms with E-state index in [1.807, 2.05) is 0 Å². The molecule has 0 saturated heterocycles. The predicted molar refractivity (Wildman–Crippen MR) is 63.3 cm³/mol. The van der Waals surface area contributed by atoms with E-state index >= 15 is 0 Å². The molecule has 0 aliphatic heterocycles. The van der Waals surface area contributed by atoms with Gasteiger partial charge in [-0.2, -0.15) is 0 Å². The quantitative estimate of drug-likeness (QED) is 0.694. The van der Waals surface area contributed by atoms with Crippen molar-refractivity contribution in [1.29, 1.82) is 0 Å². The molecule has 17 heavy (non-hydrogen) atoms. The molecule has 0 unspecified atom stereocenters. The van der Waals surface area contributed by atoms with Crippen molar-refractivity contribution in [3.8, 4) is 11.1 Å². The van der Waals surface area contributed by atoms with Crippen LogP contribution in [0.25, 0.3) is 11.1 Å². The average molecular weight is 321 g/mol. The standard InChI is InChI=1S/C12H4BrClF3/c13-6-3-10(16)12(11(17)4-6)8-5-7(15)1-2-9(8)14/h1-4H. The van der Waals surface area contributed by atoms with Gasteiger partial charge >= 0.3 is 0 Å². The molecule has 2 aromatic rings. The van der Waals surface area contributed by atoms with Crippen LogP contribution < -0.4 is 0 Å². The van der Waals surface area contributed by atoms with Crippen molar-refractivity contribution in [2.24, 2.45) is 0 Å². The first kappa shape index (κ1) is 12.5. The summed E-state index contributed by atoms with van der Waals surface area (Å²) in [6.07, 6.45) is 0. The molecule has 0 spiro atoms. The zero-order valence-electron chi connectivity index (χ0n) is 8.20. The highest BCUT2D eigenvalue weighted by molar-refractivity contribution is 9.10. The molecule has 0 N–H and O–H groups in total. The third-order valence-corrected chi connectivity index (χ3v) is 2.89. The van der Waals surface area contributed by atoms with Gasteiger partial charge in [-0.25, -0.2) is 13.2 Å². The fourth-order valence-corrected chi connectivity index (χ4v) is 2.02. The average Bonchev–Trinajstić information content (AvgIpc) is 2.21. The number of halogens is 5. The van der Waals surface area contributed by atoms with Crippen molar-refractivity contribution in [2.45, 2.75) is 0 Å². The number of hydrogen-bond acceptors (Lipinski definition) is 0. The van der Waals surface area contributed by atoms with Gasteiger partial charge in [-0.05, 0) is 24.3 Å². The van der Waals surface area contributed by atoms with E-state index in [-0.39, 0.29) is 15.1 Å². The predicted octanol–water partition coefficient (Wildman–Crippen LogP) is 4.99. The lowest BCUT2D eigenvalue weighted by Crippen LogP contribution is -1.92. The molecule has 0 aliphatic carbocycles. The third-order valence-electron chi connectivity index (χ3n) is 2.12. The van der Waals surface area contributed by atoms with Gasteiger partial charge in [0, 0.05) is 21.1 Å². The van der Waals surface area contributed by atoms with E-state index in [4.69, 9.17) is 11.6 Å². The van der Waals surface area contributed by atoms with Crippen LogP contribution in [0.2, 0.25) is 5.02 Å². The van der Waals surface area contributed by atoms with E-state index in [1.54, 1.807) is 0 Å². The van der Waals surface area contributed by atoms with Crippen molar-refractivity contribution in [3.63, 3.8) is 0 Å². The lowest BCUT2D eigenvalue weighted by Gasteiger charge is -2.07. The largest absolute Gasteiger partial charge is 0.206 e. The summed E-state index contributed by atoms with van der Waals surface area (Å²) >= 11 is 8.73. The van der Waals surface area contributed by atoms with E-state index in [0.29, 0.717) is 0 Å². The van der Waals surface area contributed by atoms with E-state index in [2.05, 4.69) is 22.0 Å². The van der Waals surface area contributed by atoms with Crippen LogP contribution in [0.1, 0.15) is 0 Å². The molecule has 1 radical (unpaired) electrons. The first-order chi connectivity index (χ1) is 7.99. The summed E-state index contributed by atoms with van der Waals surface area (Å²) in [7, 11) is 0. The minimum absolute atomic E-state index is 0.0338. The fraction of sp³-hybridized carbons (Fsp3) is 0. The van der Waals surface area contributed by atoms with Crippen molar-refractivity contribution in [1.82, 2.24) is 0 Å². The number of benzene rings is 2. The van der Waals surface area contributed by atoms with Crippen molar-refractivity contribution < 1.29 is 13.2 Å². The van der Waals surface area contributed by atoms with Crippen LogP contribution >= 0.6 is 27.5 Å². The second-order valence-corrected chi connectivity index (χ2v) is 4.60. The minimum atomic E-state index is -0.833. The second kappa shape index (κ2) is 4.70. The van der Waals surface area contributed by atoms with Crippen molar-refractivity contribution in [3.05, 3.63) is 57.3 Å². The maximum absolute atomic E-state index is 13.6. The van der Waals surface area contributed by atoms with Crippen LogP contribution in [0, 0.1) is 23.5 Å². The van der Waals surface area contributed by atoms with Gasteiger partial charge in [0.25, 0.3) is 0 Å². The molecule has 87 valence electrons. The Hall–Kier alpha value is -1.00. The lowest BCUT2D eigenvalue weighted by molar-refractivity contribution is 0.587. The van der Waals surface area contributed by atoms with Crippen LogP contribution in [0.15, 0.2) is 28.7 Å². The Balaban J connectivity index is 2.72. The zero-order valence-corrected chi connectivity index (χ0v) is 10.5. The van der Waals surface area contributed by atoms with Gasteiger partial charge in [0.2, 0.25) is 0 Å². The van der Waals surface area contributed by atoms with Crippen molar-refractivity contribution >= 4 is 27.5 Å². The molecular formula is C12H4BrClF3. The Bertz CT molecular complexity index is 561. The Morgan fingerprint density at radius 2 is 1.65 bits per heavy atom. The van der Waals surface area contributed by atoms with E-state index < -0.39 is 23.0 Å². The van der Waals surface area contributed by atoms with Crippen LogP contribution in [0.5, 0.6) is 0 Å². The summed E-state index contributed by atoms with van der Waals surface area (Å²) < 4.78 is 40.5. The van der Waals surface area contributed by atoms with Gasteiger partial charge < -0.3 is 0 Å². The first-order valence-corrected chi connectivity index (χ1v) is 5.68. The molecule has 0 amide bonds. The van der Waals surface area contributed by atoms with Crippen LogP contribution in [0.4, 0.5) is 13.2 Å². The summed E-state index contributed by atoms with van der Waals surface area (Å²) in [6, 6.07) is 6.65.